The fourth-order valence-electron chi connectivity index (χ4n) is 3.20. The van der Waals surface area contributed by atoms with Crippen molar-refractivity contribution in [2.75, 3.05) is 13.7 Å². The molecule has 1 amide bonds. The van der Waals surface area contributed by atoms with Crippen molar-refractivity contribution in [2.24, 2.45) is 10.9 Å². The zero-order valence-corrected chi connectivity index (χ0v) is 14.7. The second-order valence-corrected chi connectivity index (χ2v) is 7.29. The molecule has 0 N–H and O–H groups in total. The summed E-state index contributed by atoms with van der Waals surface area (Å²) in [4.78, 5) is 17.8. The van der Waals surface area contributed by atoms with Crippen LogP contribution in [0.3, 0.4) is 0 Å². The molecule has 3 rings (SSSR count). The lowest BCUT2D eigenvalue weighted by atomic mass is 9.89. The van der Waals surface area contributed by atoms with Crippen LogP contribution in [0, 0.1) is 12.8 Å². The monoisotopic (exact) mass is 332 g/mol. The van der Waals surface area contributed by atoms with Gasteiger partial charge in [-0.3, -0.25) is 4.79 Å². The van der Waals surface area contributed by atoms with E-state index in [1.54, 1.807) is 18.4 Å². The van der Waals surface area contributed by atoms with Crippen molar-refractivity contribution in [3.63, 3.8) is 0 Å². The van der Waals surface area contributed by atoms with E-state index in [0.717, 1.165) is 42.5 Å². The molecule has 0 unspecified atom stereocenters. The van der Waals surface area contributed by atoms with Gasteiger partial charge in [0.25, 0.3) is 5.91 Å². The summed E-state index contributed by atoms with van der Waals surface area (Å²) < 4.78 is 8.51. The topological polar surface area (TPSA) is 43.6 Å². The maximum Gasteiger partial charge on any atom is 0.251 e. The highest BCUT2D eigenvalue weighted by molar-refractivity contribution is 7.16. The number of thiazole rings is 1. The first-order chi connectivity index (χ1) is 11.2. The van der Waals surface area contributed by atoms with Crippen molar-refractivity contribution < 1.29 is 9.53 Å². The van der Waals surface area contributed by atoms with Gasteiger partial charge in [-0.25, -0.2) is 0 Å². The zero-order chi connectivity index (χ0) is 16.2. The van der Waals surface area contributed by atoms with Crippen LogP contribution < -0.4 is 4.80 Å². The van der Waals surface area contributed by atoms with E-state index in [9.17, 15) is 4.79 Å². The Kier molecular flexibility index (Phi) is 5.28. The highest BCUT2D eigenvalue weighted by Crippen LogP contribution is 2.25. The summed E-state index contributed by atoms with van der Waals surface area (Å²) in [5.74, 6) is 0.172. The van der Waals surface area contributed by atoms with Gasteiger partial charge in [-0.1, -0.05) is 36.7 Å². The standard InChI is InChI=1S/C18H24N2O2S/c1-13-8-9-15-16(12-13)23-18(20(15)10-11-22-2)19-17(21)14-6-4-3-5-7-14/h8-9,12,14H,3-7,10-11H2,1-2H3. The quantitative estimate of drug-likeness (QED) is 0.857. The Morgan fingerprint density at radius 1 is 1.35 bits per heavy atom. The summed E-state index contributed by atoms with van der Waals surface area (Å²) in [7, 11) is 1.70. The third kappa shape index (κ3) is 3.72. The fourth-order valence-corrected chi connectivity index (χ4v) is 4.36. The van der Waals surface area contributed by atoms with Crippen LogP contribution in [-0.2, 0) is 16.1 Å². The number of hydrogen-bond donors (Lipinski definition) is 0. The number of aromatic nitrogens is 1. The van der Waals surface area contributed by atoms with Crippen LogP contribution in [0.4, 0.5) is 0 Å². The highest BCUT2D eigenvalue weighted by atomic mass is 32.1. The molecule has 0 saturated heterocycles. The molecule has 0 atom stereocenters. The molecular formula is C18H24N2O2S. The highest BCUT2D eigenvalue weighted by Gasteiger charge is 2.21. The number of aryl methyl sites for hydroxylation is 1. The van der Waals surface area contributed by atoms with E-state index in [4.69, 9.17) is 4.74 Å². The van der Waals surface area contributed by atoms with Crippen molar-refractivity contribution in [1.82, 2.24) is 4.57 Å². The summed E-state index contributed by atoms with van der Waals surface area (Å²) in [6, 6.07) is 6.37. The Bertz CT molecular complexity index is 754. The van der Waals surface area contributed by atoms with Crippen molar-refractivity contribution in [2.45, 2.75) is 45.6 Å². The minimum Gasteiger partial charge on any atom is -0.383 e. The largest absolute Gasteiger partial charge is 0.383 e. The number of carbonyl (C=O) groups excluding carboxylic acids is 1. The first-order valence-electron chi connectivity index (χ1n) is 8.36. The van der Waals surface area contributed by atoms with E-state index in [-0.39, 0.29) is 11.8 Å². The minimum atomic E-state index is 0.0548. The summed E-state index contributed by atoms with van der Waals surface area (Å²) in [6.07, 6.45) is 5.54. The van der Waals surface area contributed by atoms with Crippen LogP contribution in [-0.4, -0.2) is 24.2 Å². The van der Waals surface area contributed by atoms with Gasteiger partial charge < -0.3 is 9.30 Å². The van der Waals surface area contributed by atoms with E-state index < -0.39 is 0 Å². The van der Waals surface area contributed by atoms with Crippen LogP contribution >= 0.6 is 11.3 Å². The molecule has 1 aliphatic rings. The molecule has 1 saturated carbocycles. The van der Waals surface area contributed by atoms with Crippen molar-refractivity contribution in [1.29, 1.82) is 0 Å². The van der Waals surface area contributed by atoms with Gasteiger partial charge in [0, 0.05) is 19.6 Å². The van der Waals surface area contributed by atoms with Gasteiger partial charge >= 0.3 is 0 Å². The molecule has 0 bridgehead atoms. The summed E-state index contributed by atoms with van der Waals surface area (Å²) in [6.45, 7) is 3.42. The predicted molar refractivity (Wildman–Crippen MR) is 93.6 cm³/mol. The Hall–Kier alpha value is -1.46. The molecule has 1 heterocycles. The number of amides is 1. The van der Waals surface area contributed by atoms with E-state index in [1.807, 2.05) is 0 Å². The normalized spacial score (nSPS) is 17.0. The fraction of sp³-hybridized carbons (Fsp3) is 0.556. The van der Waals surface area contributed by atoms with Gasteiger partial charge in [0.15, 0.2) is 4.80 Å². The molecule has 1 fully saturated rings. The van der Waals surface area contributed by atoms with Gasteiger partial charge in [0.2, 0.25) is 0 Å². The lowest BCUT2D eigenvalue weighted by molar-refractivity contribution is -0.122. The molecule has 1 aromatic heterocycles. The van der Waals surface area contributed by atoms with Crippen molar-refractivity contribution in [3.05, 3.63) is 28.6 Å². The second-order valence-electron chi connectivity index (χ2n) is 6.29. The third-order valence-electron chi connectivity index (χ3n) is 4.52. The maximum absolute atomic E-state index is 12.5. The van der Waals surface area contributed by atoms with Gasteiger partial charge in [-0.05, 0) is 37.5 Å². The van der Waals surface area contributed by atoms with E-state index >= 15 is 0 Å². The van der Waals surface area contributed by atoms with Gasteiger partial charge in [-0.15, -0.1) is 0 Å². The smallest absolute Gasteiger partial charge is 0.251 e. The Balaban J connectivity index is 2.00. The molecule has 0 aliphatic heterocycles. The molecule has 23 heavy (non-hydrogen) atoms. The molecule has 0 radical (unpaired) electrons. The molecule has 4 nitrogen and oxygen atoms in total. The average molecular weight is 332 g/mol. The predicted octanol–water partition coefficient (Wildman–Crippen LogP) is 3.67. The average Bonchev–Trinajstić information content (AvgIpc) is 2.89. The second kappa shape index (κ2) is 7.41. The van der Waals surface area contributed by atoms with Crippen LogP contribution in [0.15, 0.2) is 23.2 Å². The molecule has 124 valence electrons. The lowest BCUT2D eigenvalue weighted by Crippen LogP contribution is -2.23. The zero-order valence-electron chi connectivity index (χ0n) is 13.9. The number of benzene rings is 1. The van der Waals surface area contributed by atoms with E-state index in [2.05, 4.69) is 34.7 Å². The van der Waals surface area contributed by atoms with Crippen LogP contribution in [0.5, 0.6) is 0 Å². The number of methoxy groups -OCH3 is 1. The number of fused-ring (bicyclic) bond motifs is 1. The van der Waals surface area contributed by atoms with Crippen LogP contribution in [0.1, 0.15) is 37.7 Å². The molecule has 5 heteroatoms. The van der Waals surface area contributed by atoms with Gasteiger partial charge in [0.1, 0.15) is 0 Å². The first-order valence-corrected chi connectivity index (χ1v) is 9.18. The minimum absolute atomic E-state index is 0.0548. The van der Waals surface area contributed by atoms with Crippen LogP contribution in [0.25, 0.3) is 10.2 Å². The van der Waals surface area contributed by atoms with Crippen molar-refractivity contribution >= 4 is 27.5 Å². The van der Waals surface area contributed by atoms with E-state index in [0.29, 0.717) is 6.61 Å². The Morgan fingerprint density at radius 2 is 2.13 bits per heavy atom. The van der Waals surface area contributed by atoms with Gasteiger partial charge in [-0.2, -0.15) is 4.99 Å². The molecule has 1 aromatic carbocycles. The number of ether oxygens (including phenoxy) is 1. The number of rotatable bonds is 4. The maximum atomic E-state index is 12.5. The molecular weight excluding hydrogens is 308 g/mol. The summed E-state index contributed by atoms with van der Waals surface area (Å²) in [5.41, 5.74) is 2.36. The van der Waals surface area contributed by atoms with Crippen LogP contribution in [0.2, 0.25) is 0 Å². The van der Waals surface area contributed by atoms with Gasteiger partial charge in [0.05, 0.1) is 16.8 Å². The summed E-state index contributed by atoms with van der Waals surface area (Å²) >= 11 is 1.60. The first kappa shape index (κ1) is 16.4. The van der Waals surface area contributed by atoms with Crippen molar-refractivity contribution in [3.8, 4) is 0 Å². The third-order valence-corrected chi connectivity index (χ3v) is 5.56. The SMILES string of the molecule is COCCn1c(=NC(=O)C2CCCCC2)sc2cc(C)ccc21. The Labute approximate surface area is 140 Å². The number of hydrogen-bond acceptors (Lipinski definition) is 3. The lowest BCUT2D eigenvalue weighted by Gasteiger charge is -2.17. The number of nitrogens with zero attached hydrogens (tertiary/aromatic N) is 2. The molecule has 0 spiro atoms. The van der Waals surface area contributed by atoms with E-state index in [1.165, 1.54) is 16.7 Å². The number of carbonyl (C=O) groups is 1. The molecule has 1 aliphatic carbocycles. The Morgan fingerprint density at radius 3 is 2.87 bits per heavy atom. The summed E-state index contributed by atoms with van der Waals surface area (Å²) in [5, 5.41) is 0. The molecule has 2 aromatic rings.